The minimum atomic E-state index is -1.06. The first-order valence-corrected chi connectivity index (χ1v) is 5.69. The van der Waals surface area contributed by atoms with Crippen molar-refractivity contribution >= 4 is 23.5 Å². The van der Waals surface area contributed by atoms with Gasteiger partial charge in [0.05, 0.1) is 24.0 Å². The Balaban J connectivity index is 2.80. The summed E-state index contributed by atoms with van der Waals surface area (Å²) in [5.41, 5.74) is -0.0718. The minimum absolute atomic E-state index is 0.166. The van der Waals surface area contributed by atoms with Crippen LogP contribution in [-0.2, 0) is 9.59 Å². The van der Waals surface area contributed by atoms with Gasteiger partial charge in [0.1, 0.15) is 0 Å². The third-order valence-corrected chi connectivity index (χ3v) is 2.43. The summed E-state index contributed by atoms with van der Waals surface area (Å²) < 4.78 is 0. The molecule has 1 rings (SSSR count). The van der Waals surface area contributed by atoms with Gasteiger partial charge in [0.2, 0.25) is 12.2 Å². The molecule has 0 amide bonds. The van der Waals surface area contributed by atoms with E-state index in [2.05, 4.69) is 20.2 Å². The zero-order chi connectivity index (χ0) is 14.8. The molecule has 0 saturated carbocycles. The Kier molecular flexibility index (Phi) is 5.67. The van der Waals surface area contributed by atoms with Gasteiger partial charge in [-0.05, 0) is 31.2 Å². The average Bonchev–Trinajstić information content (AvgIpc) is 2.47. The van der Waals surface area contributed by atoms with Crippen molar-refractivity contribution in [2.24, 2.45) is 20.2 Å². The van der Waals surface area contributed by atoms with Gasteiger partial charge in [-0.15, -0.1) is 0 Å². The highest BCUT2D eigenvalue weighted by Crippen LogP contribution is 2.22. The molecule has 1 aromatic rings. The fraction of sp³-hybridized carbons (Fsp3) is 0.308. The van der Waals surface area contributed by atoms with Crippen LogP contribution >= 0.6 is 0 Å². The summed E-state index contributed by atoms with van der Waals surface area (Å²) in [5, 5.41) is 17.0. The summed E-state index contributed by atoms with van der Waals surface area (Å²) in [7, 11) is 0. The molecular weight excluding hydrogens is 258 g/mol. The molecule has 7 nitrogen and oxygen atoms in total. The Bertz CT molecular complexity index is 619. The SMILES string of the molecule is CC(C#N)(CCN=C=O)N=Nc1ccc(N=C=O)cc1. The largest absolute Gasteiger partial charge is 0.240 e. The number of azo groups is 1. The van der Waals surface area contributed by atoms with Crippen LogP contribution < -0.4 is 0 Å². The molecule has 1 aromatic carbocycles. The maximum absolute atomic E-state index is 10.1. The molecule has 7 heteroatoms. The van der Waals surface area contributed by atoms with Gasteiger partial charge in [-0.2, -0.15) is 20.5 Å². The quantitative estimate of drug-likeness (QED) is 0.450. The molecule has 100 valence electrons. The van der Waals surface area contributed by atoms with E-state index in [4.69, 9.17) is 5.26 Å². The van der Waals surface area contributed by atoms with E-state index in [0.29, 0.717) is 11.4 Å². The lowest BCUT2D eigenvalue weighted by Gasteiger charge is -2.12. The van der Waals surface area contributed by atoms with E-state index in [1.54, 1.807) is 31.2 Å². The Labute approximate surface area is 115 Å². The van der Waals surface area contributed by atoms with Crippen LogP contribution in [0.3, 0.4) is 0 Å². The van der Waals surface area contributed by atoms with Crippen LogP contribution in [0.4, 0.5) is 11.4 Å². The Morgan fingerprint density at radius 2 is 1.80 bits per heavy atom. The van der Waals surface area contributed by atoms with E-state index in [1.165, 1.54) is 12.2 Å². The molecule has 0 aliphatic rings. The molecule has 0 bridgehead atoms. The molecule has 0 spiro atoms. The lowest BCUT2D eigenvalue weighted by Crippen LogP contribution is -2.19. The summed E-state index contributed by atoms with van der Waals surface area (Å²) in [6.45, 7) is 1.77. The van der Waals surface area contributed by atoms with Crippen LogP contribution in [0.2, 0.25) is 0 Å². The number of nitriles is 1. The van der Waals surface area contributed by atoms with Gasteiger partial charge in [-0.1, -0.05) is 0 Å². The summed E-state index contributed by atoms with van der Waals surface area (Å²) in [6, 6.07) is 8.41. The van der Waals surface area contributed by atoms with Crippen molar-refractivity contribution in [2.75, 3.05) is 6.54 Å². The van der Waals surface area contributed by atoms with Crippen LogP contribution in [0.15, 0.2) is 44.5 Å². The van der Waals surface area contributed by atoms with Crippen LogP contribution in [0, 0.1) is 11.3 Å². The maximum atomic E-state index is 10.1. The Morgan fingerprint density at radius 1 is 1.15 bits per heavy atom. The van der Waals surface area contributed by atoms with E-state index >= 15 is 0 Å². The average molecular weight is 269 g/mol. The van der Waals surface area contributed by atoms with E-state index in [1.807, 2.05) is 6.07 Å². The van der Waals surface area contributed by atoms with Crippen molar-refractivity contribution in [1.82, 2.24) is 0 Å². The van der Waals surface area contributed by atoms with E-state index in [9.17, 15) is 9.59 Å². The molecule has 1 unspecified atom stereocenters. The van der Waals surface area contributed by atoms with Crippen LogP contribution in [0.5, 0.6) is 0 Å². The third kappa shape index (κ3) is 4.75. The van der Waals surface area contributed by atoms with Crippen LogP contribution in [-0.4, -0.2) is 24.2 Å². The molecule has 0 aliphatic heterocycles. The van der Waals surface area contributed by atoms with Crippen LogP contribution in [0.1, 0.15) is 13.3 Å². The van der Waals surface area contributed by atoms with Gasteiger partial charge in [-0.25, -0.2) is 14.6 Å². The molecule has 0 aliphatic carbocycles. The first-order valence-electron chi connectivity index (χ1n) is 5.69. The molecule has 0 N–H and O–H groups in total. The van der Waals surface area contributed by atoms with E-state index in [-0.39, 0.29) is 13.0 Å². The summed E-state index contributed by atoms with van der Waals surface area (Å²) >= 11 is 0. The van der Waals surface area contributed by atoms with Crippen molar-refractivity contribution in [1.29, 1.82) is 5.26 Å². The Morgan fingerprint density at radius 3 is 2.35 bits per heavy atom. The van der Waals surface area contributed by atoms with Gasteiger partial charge in [0.25, 0.3) is 0 Å². The van der Waals surface area contributed by atoms with Crippen molar-refractivity contribution in [3.05, 3.63) is 24.3 Å². The zero-order valence-electron chi connectivity index (χ0n) is 10.8. The van der Waals surface area contributed by atoms with Crippen molar-refractivity contribution < 1.29 is 9.59 Å². The number of aliphatic imine (C=N–C) groups is 2. The highest BCUT2D eigenvalue weighted by molar-refractivity contribution is 5.52. The predicted octanol–water partition coefficient (Wildman–Crippen LogP) is 2.75. The molecule has 0 radical (unpaired) electrons. The smallest absolute Gasteiger partial charge is 0.211 e. The molecule has 1 atom stereocenters. The molecular formula is C13H11N5O2. The second-order valence-corrected chi connectivity index (χ2v) is 4.03. The van der Waals surface area contributed by atoms with E-state index in [0.717, 1.165) is 0 Å². The van der Waals surface area contributed by atoms with Gasteiger partial charge in [0, 0.05) is 6.42 Å². The molecule has 0 heterocycles. The normalized spacial score (nSPS) is 12.8. The molecule has 0 saturated heterocycles. The Hall–Kier alpha value is -2.93. The maximum Gasteiger partial charge on any atom is 0.240 e. The topological polar surface area (TPSA) is 107 Å². The monoisotopic (exact) mass is 269 g/mol. The number of nitrogens with zero attached hydrogens (tertiary/aromatic N) is 5. The second kappa shape index (κ2) is 7.49. The number of carbonyl (C=O) groups excluding carboxylic acids is 2. The first-order chi connectivity index (χ1) is 9.63. The van der Waals surface area contributed by atoms with Gasteiger partial charge >= 0.3 is 0 Å². The number of hydrogen-bond donors (Lipinski definition) is 0. The lowest BCUT2D eigenvalue weighted by molar-refractivity contribution is 0.527. The van der Waals surface area contributed by atoms with Crippen molar-refractivity contribution in [2.45, 2.75) is 18.9 Å². The molecule has 0 aromatic heterocycles. The van der Waals surface area contributed by atoms with E-state index < -0.39 is 5.54 Å². The molecule has 0 fully saturated rings. The lowest BCUT2D eigenvalue weighted by atomic mass is 10.0. The summed E-state index contributed by atoms with van der Waals surface area (Å²) in [5.74, 6) is 0. The van der Waals surface area contributed by atoms with Crippen LogP contribution in [0.25, 0.3) is 0 Å². The van der Waals surface area contributed by atoms with Gasteiger partial charge in [0.15, 0.2) is 5.54 Å². The number of rotatable bonds is 6. The van der Waals surface area contributed by atoms with Gasteiger partial charge in [-0.3, -0.25) is 0 Å². The fourth-order valence-corrected chi connectivity index (χ4v) is 1.26. The van der Waals surface area contributed by atoms with Crippen molar-refractivity contribution in [3.63, 3.8) is 0 Å². The second-order valence-electron chi connectivity index (χ2n) is 4.03. The highest BCUT2D eigenvalue weighted by atomic mass is 16.1. The number of isocyanates is 2. The number of hydrogen-bond acceptors (Lipinski definition) is 7. The fourth-order valence-electron chi connectivity index (χ4n) is 1.26. The zero-order valence-corrected chi connectivity index (χ0v) is 10.8. The predicted molar refractivity (Wildman–Crippen MR) is 70.4 cm³/mol. The number of benzene rings is 1. The minimum Gasteiger partial charge on any atom is -0.211 e. The standard InChI is InChI=1S/C13H11N5O2/c1-13(8-14,6-7-15-9-19)18-17-12-4-2-11(3-5-12)16-10-20/h2-5H,6-7H2,1H3. The summed E-state index contributed by atoms with van der Waals surface area (Å²) in [4.78, 5) is 26.9. The third-order valence-electron chi connectivity index (χ3n) is 2.43. The van der Waals surface area contributed by atoms with Crippen molar-refractivity contribution in [3.8, 4) is 6.07 Å². The molecule has 20 heavy (non-hydrogen) atoms. The van der Waals surface area contributed by atoms with Gasteiger partial charge < -0.3 is 0 Å². The summed E-state index contributed by atoms with van der Waals surface area (Å²) in [6.07, 6.45) is 3.11. The first kappa shape index (κ1) is 15.1. The highest BCUT2D eigenvalue weighted by Gasteiger charge is 2.22.